The van der Waals surface area contributed by atoms with Crippen LogP contribution in [0, 0.1) is 13.8 Å². The summed E-state index contributed by atoms with van der Waals surface area (Å²) in [7, 11) is 7.73. The summed E-state index contributed by atoms with van der Waals surface area (Å²) in [6, 6.07) is 18.7. The minimum Gasteiger partial charge on any atom is -0.397 e. The summed E-state index contributed by atoms with van der Waals surface area (Å²) in [4.78, 5) is 55.7. The molecule has 0 aliphatic carbocycles. The number of nitrogens with one attached hydrogen (secondary N) is 2. The Balaban J connectivity index is 0.000000168. The number of nitrogens with two attached hydrogens (primary N) is 1. The van der Waals surface area contributed by atoms with Crippen LogP contribution in [0.15, 0.2) is 82.6 Å². The summed E-state index contributed by atoms with van der Waals surface area (Å²) in [6.45, 7) is 3.96. The normalized spacial score (nSPS) is 11.0. The number of amides is 1. The number of H-pyrrole nitrogens is 1. The van der Waals surface area contributed by atoms with E-state index in [-0.39, 0.29) is 11.5 Å². The summed E-state index contributed by atoms with van der Waals surface area (Å²) in [5.41, 5.74) is 11.9. The molecule has 0 atom stereocenters. The molecular formula is C35H34N8O3S2. The van der Waals surface area contributed by atoms with Crippen LogP contribution in [0.25, 0.3) is 36.3 Å². The molecule has 7 aromatic rings. The first-order chi connectivity index (χ1) is 22.9. The van der Waals surface area contributed by atoms with Crippen molar-refractivity contribution in [2.24, 2.45) is 0 Å². The van der Waals surface area contributed by atoms with Crippen molar-refractivity contribution in [3.05, 3.63) is 110 Å². The van der Waals surface area contributed by atoms with Crippen molar-refractivity contribution in [1.82, 2.24) is 19.5 Å². The number of rotatable bonds is 5. The number of pyridine rings is 2. The van der Waals surface area contributed by atoms with E-state index in [1.54, 1.807) is 24.5 Å². The van der Waals surface area contributed by atoms with Gasteiger partial charge in [0.15, 0.2) is 0 Å². The number of aromatic nitrogens is 4. The Morgan fingerprint density at radius 3 is 1.92 bits per heavy atom. The van der Waals surface area contributed by atoms with Gasteiger partial charge in [-0.15, -0.1) is 22.7 Å². The Hall–Kier alpha value is -5.53. The quantitative estimate of drug-likeness (QED) is 0.196. The number of benzene rings is 2. The number of nitrogen functional groups attached to an aromatic ring is 1. The van der Waals surface area contributed by atoms with E-state index in [1.165, 1.54) is 27.2 Å². The molecule has 0 spiro atoms. The first-order valence-electron chi connectivity index (χ1n) is 15.0. The van der Waals surface area contributed by atoms with E-state index < -0.39 is 5.69 Å². The van der Waals surface area contributed by atoms with Gasteiger partial charge in [-0.2, -0.15) is 0 Å². The third kappa shape index (κ3) is 6.00. The smallest absolute Gasteiger partial charge is 0.333 e. The molecule has 13 heteroatoms. The first kappa shape index (κ1) is 32.4. The molecule has 0 saturated heterocycles. The monoisotopic (exact) mass is 678 g/mol. The van der Waals surface area contributed by atoms with Crippen molar-refractivity contribution >= 4 is 82.0 Å². The average Bonchev–Trinajstić information content (AvgIpc) is 3.61. The predicted molar refractivity (Wildman–Crippen MR) is 200 cm³/mol. The highest BCUT2D eigenvalue weighted by atomic mass is 32.1. The summed E-state index contributed by atoms with van der Waals surface area (Å²) in [5.74, 6) is -0.209. The summed E-state index contributed by atoms with van der Waals surface area (Å²) >= 11 is 2.61. The molecule has 4 N–H and O–H groups in total. The molecule has 0 saturated carbocycles. The van der Waals surface area contributed by atoms with Crippen molar-refractivity contribution in [2.75, 3.05) is 49.0 Å². The van der Waals surface area contributed by atoms with Crippen molar-refractivity contribution in [3.8, 4) is 5.69 Å². The maximum absolute atomic E-state index is 13.0. The average molecular weight is 679 g/mol. The zero-order valence-corrected chi connectivity index (χ0v) is 28.9. The van der Waals surface area contributed by atoms with Gasteiger partial charge in [0.05, 0.1) is 39.0 Å². The zero-order valence-electron chi connectivity index (χ0n) is 27.3. The van der Waals surface area contributed by atoms with Crippen LogP contribution >= 0.6 is 22.7 Å². The van der Waals surface area contributed by atoms with Gasteiger partial charge in [0.1, 0.15) is 19.2 Å². The third-order valence-electron chi connectivity index (χ3n) is 7.78. The summed E-state index contributed by atoms with van der Waals surface area (Å²) in [5, 5.41) is 4.52. The van der Waals surface area contributed by atoms with Gasteiger partial charge in [0, 0.05) is 46.3 Å². The summed E-state index contributed by atoms with van der Waals surface area (Å²) < 4.78 is 1.67. The SMILES string of the molecule is Cc1ccc(-n2c(=O)[nH]c3c(sc4nccc(N(C)C)c43)c2=O)cc1.Cc1ccc(NC(=O)c2sc3nccc(N(C)C)c3c2N)cc1. The Labute approximate surface area is 283 Å². The molecular weight excluding hydrogens is 645 g/mol. The number of hydrogen-bond donors (Lipinski definition) is 3. The molecule has 7 rings (SSSR count). The fourth-order valence-corrected chi connectivity index (χ4v) is 7.36. The Morgan fingerprint density at radius 1 is 0.792 bits per heavy atom. The number of fused-ring (bicyclic) bond motifs is 4. The lowest BCUT2D eigenvalue weighted by Gasteiger charge is -2.13. The van der Waals surface area contributed by atoms with Crippen molar-refractivity contribution in [3.63, 3.8) is 0 Å². The van der Waals surface area contributed by atoms with Gasteiger partial charge in [-0.1, -0.05) is 35.4 Å². The zero-order chi connectivity index (χ0) is 34.3. The van der Waals surface area contributed by atoms with E-state index in [1.807, 2.05) is 100 Å². The van der Waals surface area contributed by atoms with Gasteiger partial charge < -0.3 is 25.8 Å². The van der Waals surface area contributed by atoms with Crippen molar-refractivity contribution in [2.45, 2.75) is 13.8 Å². The van der Waals surface area contributed by atoms with E-state index in [4.69, 9.17) is 5.73 Å². The van der Waals surface area contributed by atoms with Gasteiger partial charge >= 0.3 is 5.69 Å². The van der Waals surface area contributed by atoms with Gasteiger partial charge in [0.25, 0.3) is 11.5 Å². The van der Waals surface area contributed by atoms with Crippen molar-refractivity contribution < 1.29 is 4.79 Å². The number of aryl methyl sites for hydroxylation is 2. The molecule has 1 amide bonds. The van der Waals surface area contributed by atoms with Gasteiger partial charge in [-0.25, -0.2) is 19.3 Å². The van der Waals surface area contributed by atoms with Crippen molar-refractivity contribution in [1.29, 1.82) is 0 Å². The minimum atomic E-state index is -0.449. The number of aromatic amines is 1. The number of nitrogens with zero attached hydrogens (tertiary/aromatic N) is 5. The molecule has 0 aliphatic heterocycles. The van der Waals surface area contributed by atoms with E-state index >= 15 is 0 Å². The largest absolute Gasteiger partial charge is 0.397 e. The molecule has 0 unspecified atom stereocenters. The third-order valence-corrected chi connectivity index (χ3v) is 9.98. The van der Waals surface area contributed by atoms with Crippen LogP contribution in [-0.4, -0.2) is 53.6 Å². The lowest BCUT2D eigenvalue weighted by molar-refractivity contribution is 0.103. The molecule has 5 aromatic heterocycles. The maximum atomic E-state index is 13.0. The van der Waals surface area contributed by atoms with Gasteiger partial charge in [-0.3, -0.25) is 9.59 Å². The molecule has 0 fully saturated rings. The first-order valence-corrected chi connectivity index (χ1v) is 16.6. The highest BCUT2D eigenvalue weighted by Gasteiger charge is 2.21. The molecule has 0 bridgehead atoms. The second-order valence-electron chi connectivity index (χ2n) is 11.7. The van der Waals surface area contributed by atoms with Gasteiger partial charge in [0.2, 0.25) is 0 Å². The fourth-order valence-electron chi connectivity index (χ4n) is 5.33. The molecule has 0 aliphatic rings. The van der Waals surface area contributed by atoms with Crippen LogP contribution in [0.4, 0.5) is 22.7 Å². The van der Waals surface area contributed by atoms with Crippen LogP contribution in [0.1, 0.15) is 20.8 Å². The molecule has 5 heterocycles. The van der Waals surface area contributed by atoms with Crippen LogP contribution in [0.2, 0.25) is 0 Å². The topological polar surface area (TPSA) is 142 Å². The second-order valence-corrected chi connectivity index (χ2v) is 13.7. The molecule has 2 aromatic carbocycles. The van der Waals surface area contributed by atoms with Crippen LogP contribution < -0.4 is 32.1 Å². The Bertz CT molecular complexity index is 2420. The van der Waals surface area contributed by atoms with E-state index in [2.05, 4.69) is 20.3 Å². The highest BCUT2D eigenvalue weighted by molar-refractivity contribution is 7.25. The fraction of sp³-hybridized carbons (Fsp3) is 0.171. The van der Waals surface area contributed by atoms with Crippen LogP contribution in [0.3, 0.4) is 0 Å². The lowest BCUT2D eigenvalue weighted by atomic mass is 10.2. The molecule has 244 valence electrons. The highest BCUT2D eigenvalue weighted by Crippen LogP contribution is 2.38. The molecule has 48 heavy (non-hydrogen) atoms. The maximum Gasteiger partial charge on any atom is 0.333 e. The number of carbonyl (C=O) groups is 1. The Kier molecular flexibility index (Phi) is 8.73. The number of anilines is 4. The number of hydrogen-bond acceptors (Lipinski definition) is 10. The van der Waals surface area contributed by atoms with Gasteiger partial charge in [-0.05, 0) is 50.2 Å². The van der Waals surface area contributed by atoms with E-state index in [9.17, 15) is 14.4 Å². The second kappa shape index (κ2) is 12.9. The lowest BCUT2D eigenvalue weighted by Crippen LogP contribution is -2.33. The minimum absolute atomic E-state index is 0.209. The number of carbonyl (C=O) groups excluding carboxylic acids is 1. The summed E-state index contributed by atoms with van der Waals surface area (Å²) in [6.07, 6.45) is 3.44. The predicted octanol–water partition coefficient (Wildman–Crippen LogP) is 6.17. The number of thiophene rings is 2. The molecule has 0 radical (unpaired) electrons. The van der Waals surface area contributed by atoms with Crippen LogP contribution in [0.5, 0.6) is 0 Å². The Morgan fingerprint density at radius 2 is 1.33 bits per heavy atom. The van der Waals surface area contributed by atoms with E-state index in [0.29, 0.717) is 26.5 Å². The standard InChI is InChI=1S/C18H16N4O2S.C17H18N4OS/c1-10-4-6-11(7-5-10)22-17(23)15-14(20-18(22)24)13-12(21(2)3)8-9-19-16(13)25-15;1-10-4-6-11(7-5-10)20-16(22)15-14(18)13-12(21(2)3)8-9-19-17(13)23-15/h4-9H,1-3H3,(H,20,24);4-9H,18H2,1-3H3,(H,20,22). The molecule has 11 nitrogen and oxygen atoms in total. The van der Waals surface area contributed by atoms with Crippen LogP contribution in [-0.2, 0) is 0 Å². The van der Waals surface area contributed by atoms with E-state index in [0.717, 1.165) is 48.6 Å².